The lowest BCUT2D eigenvalue weighted by Crippen LogP contribution is -2.34. The Bertz CT molecular complexity index is 1530. The fraction of sp³-hybridized carbons (Fsp3) is 0.585. The molecule has 1 amide bonds. The van der Waals surface area contributed by atoms with Gasteiger partial charge in [-0.15, -0.1) is 0 Å². The molecule has 0 saturated heterocycles. The van der Waals surface area contributed by atoms with E-state index in [0.29, 0.717) is 61.2 Å². The highest BCUT2D eigenvalue weighted by Crippen LogP contribution is 2.38. The van der Waals surface area contributed by atoms with Crippen LogP contribution in [0.4, 0.5) is 10.5 Å². The molecule has 3 rings (SSSR count). The van der Waals surface area contributed by atoms with Crippen LogP contribution >= 0.6 is 11.6 Å². The third-order valence-corrected chi connectivity index (χ3v) is 9.64. The summed E-state index contributed by atoms with van der Waals surface area (Å²) in [5.41, 5.74) is 2.76. The Morgan fingerprint density at radius 2 is 1.87 bits per heavy atom. The van der Waals surface area contributed by atoms with Crippen molar-refractivity contribution < 1.29 is 42.3 Å². The lowest BCUT2D eigenvalue weighted by atomic mass is 9.91. The summed E-state index contributed by atoms with van der Waals surface area (Å²) in [7, 11) is -1.74. The molecule has 11 nitrogen and oxygen atoms in total. The second kappa shape index (κ2) is 24.1. The first-order chi connectivity index (χ1) is 25.7. The van der Waals surface area contributed by atoms with Crippen molar-refractivity contribution in [3.8, 4) is 5.75 Å². The van der Waals surface area contributed by atoms with Crippen molar-refractivity contribution in [1.82, 2.24) is 4.72 Å². The van der Waals surface area contributed by atoms with Crippen LogP contribution in [0.3, 0.4) is 0 Å². The maximum Gasteiger partial charge on any atom is 0.516 e. The van der Waals surface area contributed by atoms with Crippen LogP contribution in [0.2, 0.25) is 5.02 Å². The first kappa shape index (κ1) is 46.7. The van der Waals surface area contributed by atoms with E-state index in [2.05, 4.69) is 29.5 Å². The third kappa shape index (κ3) is 16.1. The summed E-state index contributed by atoms with van der Waals surface area (Å²) in [6.07, 6.45) is 5.82. The van der Waals surface area contributed by atoms with Crippen molar-refractivity contribution in [3.05, 3.63) is 64.7 Å². The van der Waals surface area contributed by atoms with Gasteiger partial charge in [0.05, 0.1) is 42.1 Å². The predicted molar refractivity (Wildman–Crippen MR) is 215 cm³/mol. The maximum atomic E-state index is 12.8. The largest absolute Gasteiger partial charge is 0.516 e. The van der Waals surface area contributed by atoms with Gasteiger partial charge in [-0.2, -0.15) is 0 Å². The average molecular weight is 793 g/mol. The highest BCUT2D eigenvalue weighted by molar-refractivity contribution is 7.83. The standard InChI is InChI=1S/C39H55ClN2O9S.C2H6/c1-8-11-29-20-31(40)13-15-33(29)30-22-42(34-21-32(52(46)41-26-43)14-16-36(34)47-24-30)18-17-28(9-2)35(12-10-19-50-39(5,6)7)48-25-37(44)51-38(45)49-23-27(3)4;1-2/h10,12-16,20-21,26-28,30,35H,8-9,11,17-19,22-25H2,1-7H3,(H,41,43);1-2H3/b12-10+;. The molecular formula is C41H61ClN2O9S. The molecule has 0 spiro atoms. The van der Waals surface area contributed by atoms with E-state index in [4.69, 9.17) is 35.3 Å². The molecule has 1 aliphatic rings. The number of esters is 1. The molecule has 4 atom stereocenters. The first-order valence-corrected chi connectivity index (χ1v) is 20.5. The topological polar surface area (TPSA) is 130 Å². The van der Waals surface area contributed by atoms with Crippen molar-refractivity contribution in [3.63, 3.8) is 0 Å². The normalized spacial score (nSPS) is 15.9. The average Bonchev–Trinajstić information content (AvgIpc) is 3.31. The summed E-state index contributed by atoms with van der Waals surface area (Å²) < 4.78 is 43.3. The summed E-state index contributed by atoms with van der Waals surface area (Å²) in [5, 5.41) is 0.686. The van der Waals surface area contributed by atoms with E-state index < -0.39 is 35.8 Å². The van der Waals surface area contributed by atoms with Crippen molar-refractivity contribution in [1.29, 1.82) is 0 Å². The molecule has 2 aromatic carbocycles. The summed E-state index contributed by atoms with van der Waals surface area (Å²) in [6.45, 7) is 19.5. The van der Waals surface area contributed by atoms with Crippen molar-refractivity contribution in [2.24, 2.45) is 11.8 Å². The van der Waals surface area contributed by atoms with Gasteiger partial charge in [0.1, 0.15) is 12.4 Å². The number of nitrogens with one attached hydrogen (secondary N) is 1. The smallest absolute Gasteiger partial charge is 0.491 e. The number of fused-ring (bicyclic) bond motifs is 1. The zero-order chi connectivity index (χ0) is 40.3. The fourth-order valence-electron chi connectivity index (χ4n) is 5.87. The Morgan fingerprint density at radius 3 is 2.52 bits per heavy atom. The lowest BCUT2D eigenvalue weighted by Gasteiger charge is -2.31. The molecule has 302 valence electrons. The minimum atomic E-state index is -1.74. The van der Waals surface area contributed by atoms with Gasteiger partial charge in [0.25, 0.3) is 0 Å². The second-order valence-corrected chi connectivity index (χ2v) is 15.9. The molecule has 0 aromatic heterocycles. The Balaban J connectivity index is 0.00000495. The molecule has 0 aliphatic carbocycles. The minimum absolute atomic E-state index is 0.0000485. The molecule has 0 bridgehead atoms. The zero-order valence-corrected chi connectivity index (χ0v) is 35.1. The Labute approximate surface area is 330 Å². The monoisotopic (exact) mass is 792 g/mol. The summed E-state index contributed by atoms with van der Waals surface area (Å²) >= 11 is 6.41. The molecular weight excluding hydrogens is 732 g/mol. The van der Waals surface area contributed by atoms with Crippen molar-refractivity contribution in [2.45, 2.75) is 111 Å². The molecule has 1 N–H and O–H groups in total. The summed E-state index contributed by atoms with van der Waals surface area (Å²) in [4.78, 5) is 38.3. The Hall–Kier alpha value is -3.45. The van der Waals surface area contributed by atoms with Crippen LogP contribution < -0.4 is 14.4 Å². The first-order valence-electron chi connectivity index (χ1n) is 19.0. The van der Waals surface area contributed by atoms with Crippen LogP contribution in [-0.4, -0.2) is 74.0 Å². The van der Waals surface area contributed by atoms with Crippen molar-refractivity contribution >= 4 is 46.8 Å². The van der Waals surface area contributed by atoms with E-state index in [1.165, 1.54) is 5.56 Å². The number of ether oxygens (including phenoxy) is 5. The van der Waals surface area contributed by atoms with Gasteiger partial charge in [-0.3, -0.25) is 9.52 Å². The van der Waals surface area contributed by atoms with Gasteiger partial charge in [0, 0.05) is 24.0 Å². The van der Waals surface area contributed by atoms with E-state index in [1.807, 2.05) is 72.8 Å². The third-order valence-electron chi connectivity index (χ3n) is 8.41. The summed E-state index contributed by atoms with van der Waals surface area (Å²) in [6, 6.07) is 11.3. The number of nitrogens with zero attached hydrogens (tertiary/aromatic N) is 1. The number of amides is 1. The molecule has 0 saturated carbocycles. The van der Waals surface area contributed by atoms with Crippen LogP contribution in [0.25, 0.3) is 0 Å². The summed E-state index contributed by atoms with van der Waals surface area (Å²) in [5.74, 6) is -0.159. The second-order valence-electron chi connectivity index (χ2n) is 14.2. The number of benzene rings is 2. The number of carbonyl (C=O) groups excluding carboxylic acids is 3. The van der Waals surface area contributed by atoms with Gasteiger partial charge in [0.2, 0.25) is 6.41 Å². The van der Waals surface area contributed by atoms with E-state index >= 15 is 0 Å². The van der Waals surface area contributed by atoms with Gasteiger partial charge in [0.15, 0.2) is 11.0 Å². The lowest BCUT2D eigenvalue weighted by molar-refractivity contribution is -0.147. The van der Waals surface area contributed by atoms with E-state index in [1.54, 1.807) is 18.2 Å². The molecule has 2 aromatic rings. The number of carbonyl (C=O) groups is 3. The highest BCUT2D eigenvalue weighted by Gasteiger charge is 2.29. The van der Waals surface area contributed by atoms with Gasteiger partial charge in [-0.05, 0) is 86.9 Å². The molecule has 54 heavy (non-hydrogen) atoms. The van der Waals surface area contributed by atoms with Crippen LogP contribution in [-0.2, 0) is 45.9 Å². The Morgan fingerprint density at radius 1 is 1.13 bits per heavy atom. The van der Waals surface area contributed by atoms with Crippen molar-refractivity contribution in [2.75, 3.05) is 44.4 Å². The minimum Gasteiger partial charge on any atom is -0.491 e. The molecule has 0 radical (unpaired) electrons. The van der Waals surface area contributed by atoms with Gasteiger partial charge in [-0.25, -0.2) is 13.8 Å². The number of halogens is 1. The number of aryl methyl sites for hydroxylation is 1. The molecule has 13 heteroatoms. The van der Waals surface area contributed by atoms with Gasteiger partial charge >= 0.3 is 12.1 Å². The molecule has 4 unspecified atom stereocenters. The van der Waals surface area contributed by atoms with Crippen LogP contribution in [0.5, 0.6) is 5.75 Å². The van der Waals surface area contributed by atoms with Gasteiger partial charge < -0.3 is 28.6 Å². The van der Waals surface area contributed by atoms with Crippen LogP contribution in [0.1, 0.15) is 98.6 Å². The van der Waals surface area contributed by atoms with E-state index in [0.717, 1.165) is 24.1 Å². The van der Waals surface area contributed by atoms with E-state index in [9.17, 15) is 18.6 Å². The number of hydrogen-bond acceptors (Lipinski definition) is 10. The highest BCUT2D eigenvalue weighted by atomic mass is 35.5. The number of anilines is 1. The molecule has 1 heterocycles. The predicted octanol–water partition coefficient (Wildman–Crippen LogP) is 8.58. The number of rotatable bonds is 19. The number of hydrogen-bond donors (Lipinski definition) is 1. The molecule has 1 aliphatic heterocycles. The van der Waals surface area contributed by atoms with Crippen LogP contribution in [0.15, 0.2) is 53.4 Å². The zero-order valence-electron chi connectivity index (χ0n) is 33.5. The van der Waals surface area contributed by atoms with Gasteiger partial charge in [-0.1, -0.05) is 84.2 Å². The van der Waals surface area contributed by atoms with Crippen LogP contribution in [0, 0.1) is 11.8 Å². The molecule has 0 fully saturated rings. The SMILES string of the molecule is CC.CCCc1cc(Cl)ccc1C1COc2ccc(S(=O)NC=O)cc2N(CCC(CC)C(/C=C/COC(C)(C)C)OCC(=O)OC(=O)OCC(C)C)C1. The van der Waals surface area contributed by atoms with E-state index in [-0.39, 0.29) is 30.0 Å². The maximum absolute atomic E-state index is 12.8. The Kier molecular flexibility index (Phi) is 20.9. The quantitative estimate of drug-likeness (QED) is 0.0639. The fourth-order valence-corrected chi connectivity index (χ4v) is 6.70.